The number of aliphatic hydroxyl groups is 1. The fraction of sp³-hybridized carbons (Fsp3) is 0.364. The van der Waals surface area contributed by atoms with E-state index < -0.39 is 23.5 Å². The summed E-state index contributed by atoms with van der Waals surface area (Å²) >= 11 is 0. The maximum absolute atomic E-state index is 12.5. The van der Waals surface area contributed by atoms with Crippen molar-refractivity contribution in [3.8, 4) is 0 Å². The molecule has 3 heterocycles. The van der Waals surface area contributed by atoms with Crippen LogP contribution in [-0.2, 0) is 27.7 Å². The molecular weight excluding hydrogens is 356 g/mol. The molecular formula is C22H24N2O4. The average Bonchev–Trinajstić information content (AvgIpc) is 3.23. The van der Waals surface area contributed by atoms with Crippen LogP contribution < -0.4 is 0 Å². The number of benzene rings is 1. The highest BCUT2D eigenvalue weighted by Gasteiger charge is 2.50. The molecule has 146 valence electrons. The molecule has 0 aliphatic carbocycles. The largest absolute Gasteiger partial charge is 0.456 e. The van der Waals surface area contributed by atoms with Crippen molar-refractivity contribution in [3.63, 3.8) is 0 Å². The standard InChI is InChI=1S/C22H24N2O4/c1-21-11-12-22(26,28-21)10-9-16-5-3-4-6-17(16)13-19(21)27-20(25)8-7-18-14-24(2)15-23-18/h3-10,14-15,19,26H,11-13H2,1-2H3/b8-7+,10-9-/t19-,21-,22-/m0/s1. The zero-order chi connectivity index (χ0) is 19.8. The summed E-state index contributed by atoms with van der Waals surface area (Å²) in [7, 11) is 1.87. The van der Waals surface area contributed by atoms with E-state index in [1.807, 2.05) is 55.1 Å². The number of ether oxygens (including phenoxy) is 2. The second kappa shape index (κ2) is 7.04. The van der Waals surface area contributed by atoms with Crippen molar-refractivity contribution in [3.05, 3.63) is 65.8 Å². The van der Waals surface area contributed by atoms with Crippen molar-refractivity contribution >= 4 is 18.1 Å². The third-order valence-electron chi connectivity index (χ3n) is 5.43. The van der Waals surface area contributed by atoms with Crippen LogP contribution in [0.3, 0.4) is 0 Å². The third kappa shape index (κ3) is 3.79. The van der Waals surface area contributed by atoms with Crippen molar-refractivity contribution in [2.45, 2.75) is 43.7 Å². The van der Waals surface area contributed by atoms with Gasteiger partial charge in [-0.3, -0.25) is 0 Å². The number of carbonyl (C=O) groups is 1. The van der Waals surface area contributed by atoms with Crippen molar-refractivity contribution in [2.75, 3.05) is 0 Å². The van der Waals surface area contributed by atoms with Crippen LogP contribution in [-0.4, -0.2) is 38.1 Å². The summed E-state index contributed by atoms with van der Waals surface area (Å²) in [5.41, 5.74) is 1.94. The molecule has 1 aromatic heterocycles. The van der Waals surface area contributed by atoms with Crippen molar-refractivity contribution in [1.82, 2.24) is 9.55 Å². The molecule has 3 atom stereocenters. The first-order valence-electron chi connectivity index (χ1n) is 9.42. The molecule has 4 rings (SSSR count). The molecule has 0 radical (unpaired) electrons. The van der Waals surface area contributed by atoms with Crippen molar-refractivity contribution < 1.29 is 19.4 Å². The molecule has 2 aliphatic rings. The molecule has 1 fully saturated rings. The molecule has 2 aliphatic heterocycles. The summed E-state index contributed by atoms with van der Waals surface area (Å²) in [6.07, 6.45) is 11.1. The first-order chi connectivity index (χ1) is 13.4. The average molecular weight is 380 g/mol. The molecule has 6 nitrogen and oxygen atoms in total. The molecule has 1 N–H and O–H groups in total. The van der Waals surface area contributed by atoms with Crippen LogP contribution in [0, 0.1) is 0 Å². The minimum atomic E-state index is -1.35. The number of aromatic nitrogens is 2. The van der Waals surface area contributed by atoms with E-state index in [1.54, 1.807) is 18.5 Å². The van der Waals surface area contributed by atoms with Gasteiger partial charge in [0.05, 0.1) is 12.0 Å². The number of aryl methyl sites for hydroxylation is 1. The Morgan fingerprint density at radius 3 is 3.00 bits per heavy atom. The van der Waals surface area contributed by atoms with Crippen LogP contribution in [0.4, 0.5) is 0 Å². The van der Waals surface area contributed by atoms with Gasteiger partial charge in [0, 0.05) is 32.2 Å². The highest BCUT2D eigenvalue weighted by atomic mass is 16.7. The predicted molar refractivity (Wildman–Crippen MR) is 105 cm³/mol. The minimum absolute atomic E-state index is 0.458. The number of rotatable bonds is 3. The number of hydrogen-bond donors (Lipinski definition) is 1. The Morgan fingerprint density at radius 2 is 2.21 bits per heavy atom. The predicted octanol–water partition coefficient (Wildman–Crippen LogP) is 2.87. The van der Waals surface area contributed by atoms with Crippen LogP contribution >= 0.6 is 0 Å². The second-order valence-corrected chi connectivity index (χ2v) is 7.72. The van der Waals surface area contributed by atoms with E-state index >= 15 is 0 Å². The van der Waals surface area contributed by atoms with Gasteiger partial charge < -0.3 is 19.1 Å². The molecule has 2 aromatic rings. The van der Waals surface area contributed by atoms with Crippen LogP contribution in [0.1, 0.15) is 36.6 Å². The van der Waals surface area contributed by atoms with Gasteiger partial charge in [-0.25, -0.2) is 9.78 Å². The number of esters is 1. The number of imidazole rings is 1. The first-order valence-corrected chi connectivity index (χ1v) is 9.42. The maximum atomic E-state index is 12.5. The Hall–Kier alpha value is -2.70. The Kier molecular flexibility index (Phi) is 4.69. The van der Waals surface area contributed by atoms with E-state index in [1.165, 1.54) is 6.08 Å². The summed E-state index contributed by atoms with van der Waals surface area (Å²) in [5.74, 6) is -1.80. The quantitative estimate of drug-likeness (QED) is 0.655. The van der Waals surface area contributed by atoms with Gasteiger partial charge in [0.2, 0.25) is 0 Å². The van der Waals surface area contributed by atoms with Gasteiger partial charge in [-0.1, -0.05) is 30.3 Å². The molecule has 0 spiro atoms. The lowest BCUT2D eigenvalue weighted by atomic mass is 9.88. The fourth-order valence-electron chi connectivity index (χ4n) is 3.81. The van der Waals surface area contributed by atoms with Crippen LogP contribution in [0.15, 0.2) is 48.9 Å². The van der Waals surface area contributed by atoms with Gasteiger partial charge in [-0.05, 0) is 36.6 Å². The van der Waals surface area contributed by atoms with Gasteiger partial charge in [0.25, 0.3) is 0 Å². The normalized spacial score (nSPS) is 30.3. The molecule has 0 amide bonds. The van der Waals surface area contributed by atoms with E-state index in [9.17, 15) is 9.90 Å². The second-order valence-electron chi connectivity index (χ2n) is 7.72. The maximum Gasteiger partial charge on any atom is 0.331 e. The lowest BCUT2D eigenvalue weighted by Crippen LogP contribution is -2.45. The molecule has 28 heavy (non-hydrogen) atoms. The Balaban J connectivity index is 1.60. The Bertz CT molecular complexity index is 948. The van der Waals surface area contributed by atoms with Crippen molar-refractivity contribution in [2.24, 2.45) is 7.05 Å². The van der Waals surface area contributed by atoms with E-state index in [0.29, 0.717) is 25.0 Å². The zero-order valence-electron chi connectivity index (χ0n) is 16.0. The van der Waals surface area contributed by atoms with E-state index in [0.717, 1.165) is 11.1 Å². The first kappa shape index (κ1) is 18.7. The van der Waals surface area contributed by atoms with E-state index in [2.05, 4.69) is 4.98 Å². The number of fused-ring (bicyclic) bond motifs is 3. The number of carbonyl (C=O) groups excluding carboxylic acids is 1. The van der Waals surface area contributed by atoms with Gasteiger partial charge in [0.15, 0.2) is 5.79 Å². The molecule has 2 bridgehead atoms. The highest BCUT2D eigenvalue weighted by Crippen LogP contribution is 2.42. The monoisotopic (exact) mass is 380 g/mol. The summed E-state index contributed by atoms with van der Waals surface area (Å²) in [4.78, 5) is 16.7. The minimum Gasteiger partial charge on any atom is -0.456 e. The lowest BCUT2D eigenvalue weighted by Gasteiger charge is -2.34. The van der Waals surface area contributed by atoms with E-state index in [-0.39, 0.29) is 0 Å². The topological polar surface area (TPSA) is 73.6 Å². The molecule has 0 unspecified atom stereocenters. The smallest absolute Gasteiger partial charge is 0.331 e. The van der Waals surface area contributed by atoms with Crippen LogP contribution in [0.2, 0.25) is 0 Å². The zero-order valence-corrected chi connectivity index (χ0v) is 16.0. The van der Waals surface area contributed by atoms with Crippen LogP contribution in [0.5, 0.6) is 0 Å². The van der Waals surface area contributed by atoms with Gasteiger partial charge in [-0.15, -0.1) is 0 Å². The summed E-state index contributed by atoms with van der Waals surface area (Å²) in [6.45, 7) is 1.90. The van der Waals surface area contributed by atoms with E-state index in [4.69, 9.17) is 9.47 Å². The van der Waals surface area contributed by atoms with Gasteiger partial charge in [-0.2, -0.15) is 0 Å². The van der Waals surface area contributed by atoms with Crippen molar-refractivity contribution in [1.29, 1.82) is 0 Å². The fourth-order valence-corrected chi connectivity index (χ4v) is 3.81. The molecule has 0 saturated carbocycles. The lowest BCUT2D eigenvalue weighted by molar-refractivity contribution is -0.219. The van der Waals surface area contributed by atoms with Gasteiger partial charge >= 0.3 is 5.97 Å². The number of hydrogen-bond acceptors (Lipinski definition) is 5. The SMILES string of the molecule is Cn1cnc(/C=C/C(=O)O[C@H]2Cc3ccccc3/C=C\[C@@]3(O)CC[C@]2(C)O3)c1. The summed E-state index contributed by atoms with van der Waals surface area (Å²) in [6, 6.07) is 7.90. The van der Waals surface area contributed by atoms with Gasteiger partial charge in [0.1, 0.15) is 11.7 Å². The third-order valence-corrected chi connectivity index (χ3v) is 5.43. The Labute approximate surface area is 164 Å². The highest BCUT2D eigenvalue weighted by molar-refractivity contribution is 5.86. The molecule has 1 saturated heterocycles. The number of nitrogens with zero attached hydrogens (tertiary/aromatic N) is 2. The summed E-state index contributed by atoms with van der Waals surface area (Å²) in [5, 5.41) is 10.8. The molecule has 6 heteroatoms. The summed E-state index contributed by atoms with van der Waals surface area (Å²) < 4.78 is 13.6. The van der Waals surface area contributed by atoms with Crippen LogP contribution in [0.25, 0.3) is 12.2 Å². The Morgan fingerprint density at radius 1 is 1.39 bits per heavy atom. The molecule has 1 aromatic carbocycles.